The predicted molar refractivity (Wildman–Crippen MR) is 84.8 cm³/mol. The number of methoxy groups -OCH3 is 1. The van der Waals surface area contributed by atoms with E-state index in [1.807, 2.05) is 0 Å². The zero-order chi connectivity index (χ0) is 15.0. The topological polar surface area (TPSA) is 26.3 Å². The van der Waals surface area contributed by atoms with Crippen molar-refractivity contribution in [2.45, 2.75) is 71.6 Å². The van der Waals surface area contributed by atoms with E-state index in [9.17, 15) is 4.79 Å². The number of esters is 1. The van der Waals surface area contributed by atoms with Gasteiger partial charge in [0.15, 0.2) is 0 Å². The predicted octanol–water partition coefficient (Wildman–Crippen LogP) is 4.82. The molecule has 0 aromatic heterocycles. The third-order valence-corrected chi connectivity index (χ3v) is 7.34. The first-order valence-electron chi connectivity index (χ1n) is 9.26. The van der Waals surface area contributed by atoms with E-state index in [4.69, 9.17) is 4.74 Å². The van der Waals surface area contributed by atoms with Crippen molar-refractivity contribution in [1.82, 2.24) is 0 Å². The highest BCUT2D eigenvalue weighted by Gasteiger charge is 2.60. The van der Waals surface area contributed by atoms with Gasteiger partial charge < -0.3 is 4.74 Å². The van der Waals surface area contributed by atoms with Gasteiger partial charge in [-0.05, 0) is 68.1 Å². The fraction of sp³-hybridized carbons (Fsp3) is 0.947. The molecule has 0 spiro atoms. The molecular formula is C19H32O2. The average molecular weight is 292 g/mol. The van der Waals surface area contributed by atoms with Crippen molar-refractivity contribution < 1.29 is 9.53 Å². The third kappa shape index (κ3) is 2.24. The molecule has 6 unspecified atom stereocenters. The Balaban J connectivity index is 1.85. The number of ether oxygens (including phenoxy) is 1. The van der Waals surface area contributed by atoms with E-state index in [2.05, 4.69) is 13.8 Å². The van der Waals surface area contributed by atoms with Gasteiger partial charge in [0.05, 0.1) is 12.5 Å². The molecule has 2 heteroatoms. The van der Waals surface area contributed by atoms with Crippen LogP contribution in [-0.2, 0) is 9.53 Å². The van der Waals surface area contributed by atoms with E-state index in [0.717, 1.165) is 42.9 Å². The summed E-state index contributed by atoms with van der Waals surface area (Å²) in [4.78, 5) is 12.7. The number of carbonyl (C=O) groups excluding carboxylic acids is 1. The zero-order valence-corrected chi connectivity index (χ0v) is 14.1. The summed E-state index contributed by atoms with van der Waals surface area (Å²) in [5.74, 6) is 4.37. The van der Waals surface area contributed by atoms with Crippen molar-refractivity contribution in [3.8, 4) is 0 Å². The largest absolute Gasteiger partial charge is 0.469 e. The zero-order valence-electron chi connectivity index (χ0n) is 14.1. The number of carbonyl (C=O) groups is 1. The Labute approximate surface area is 130 Å². The van der Waals surface area contributed by atoms with Gasteiger partial charge in [0.1, 0.15) is 0 Å². The normalized spacial score (nSPS) is 40.0. The lowest BCUT2D eigenvalue weighted by Crippen LogP contribution is -2.44. The van der Waals surface area contributed by atoms with Gasteiger partial charge in [-0.3, -0.25) is 4.79 Å². The van der Waals surface area contributed by atoms with Crippen LogP contribution in [0.4, 0.5) is 0 Å². The number of hydrogen-bond donors (Lipinski definition) is 0. The summed E-state index contributed by atoms with van der Waals surface area (Å²) in [5, 5.41) is 0. The molecule has 3 aliphatic rings. The lowest BCUT2D eigenvalue weighted by Gasteiger charge is -2.43. The number of hydrogen-bond acceptors (Lipinski definition) is 2. The van der Waals surface area contributed by atoms with Crippen LogP contribution in [0.1, 0.15) is 71.6 Å². The second-order valence-electron chi connectivity index (χ2n) is 7.87. The molecule has 120 valence electrons. The van der Waals surface area contributed by atoms with Crippen LogP contribution in [0.3, 0.4) is 0 Å². The Morgan fingerprint density at radius 3 is 2.57 bits per heavy atom. The van der Waals surface area contributed by atoms with E-state index in [1.165, 1.54) is 38.5 Å². The lowest BCUT2D eigenvalue weighted by molar-refractivity contribution is -0.160. The number of unbranched alkanes of at least 4 members (excludes halogenated alkanes) is 1. The first kappa shape index (κ1) is 15.4. The maximum atomic E-state index is 12.7. The molecule has 3 rings (SSSR count). The van der Waals surface area contributed by atoms with E-state index < -0.39 is 0 Å². The molecule has 21 heavy (non-hydrogen) atoms. The highest BCUT2D eigenvalue weighted by Crippen LogP contribution is 2.65. The van der Waals surface area contributed by atoms with E-state index in [-0.39, 0.29) is 11.4 Å². The second-order valence-corrected chi connectivity index (χ2v) is 7.87. The first-order valence-corrected chi connectivity index (χ1v) is 9.26. The fourth-order valence-electron chi connectivity index (χ4n) is 6.42. The number of rotatable bonds is 6. The summed E-state index contributed by atoms with van der Waals surface area (Å²) in [7, 11) is 1.59. The molecule has 2 bridgehead atoms. The molecule has 2 nitrogen and oxygen atoms in total. The van der Waals surface area contributed by atoms with Gasteiger partial charge in [0.25, 0.3) is 0 Å². The van der Waals surface area contributed by atoms with Crippen LogP contribution in [0.2, 0.25) is 0 Å². The molecule has 0 radical (unpaired) electrons. The van der Waals surface area contributed by atoms with Crippen LogP contribution in [0.15, 0.2) is 0 Å². The van der Waals surface area contributed by atoms with E-state index >= 15 is 0 Å². The van der Waals surface area contributed by atoms with Crippen molar-refractivity contribution in [3.63, 3.8) is 0 Å². The smallest absolute Gasteiger partial charge is 0.312 e. The Hall–Kier alpha value is -0.530. The van der Waals surface area contributed by atoms with Crippen molar-refractivity contribution in [2.24, 2.45) is 35.0 Å². The van der Waals surface area contributed by atoms with Gasteiger partial charge in [-0.25, -0.2) is 0 Å². The van der Waals surface area contributed by atoms with Crippen molar-refractivity contribution >= 4 is 5.97 Å². The van der Waals surface area contributed by atoms with Gasteiger partial charge in [-0.1, -0.05) is 33.1 Å². The van der Waals surface area contributed by atoms with E-state index in [0.29, 0.717) is 5.92 Å². The highest BCUT2D eigenvalue weighted by atomic mass is 16.5. The van der Waals surface area contributed by atoms with Crippen LogP contribution in [0, 0.1) is 35.0 Å². The Morgan fingerprint density at radius 2 is 1.90 bits per heavy atom. The summed E-state index contributed by atoms with van der Waals surface area (Å²) in [5.41, 5.74) is -0.183. The molecule has 0 amide bonds. The third-order valence-electron chi connectivity index (χ3n) is 7.34. The Morgan fingerprint density at radius 1 is 1.14 bits per heavy atom. The summed E-state index contributed by atoms with van der Waals surface area (Å²) >= 11 is 0. The fourth-order valence-corrected chi connectivity index (χ4v) is 6.42. The summed E-state index contributed by atoms with van der Waals surface area (Å²) in [6, 6.07) is 0. The number of fused-ring (bicyclic) bond motifs is 5. The first-order chi connectivity index (χ1) is 10.2. The molecule has 0 aromatic rings. The van der Waals surface area contributed by atoms with Gasteiger partial charge in [0.2, 0.25) is 0 Å². The van der Waals surface area contributed by atoms with Gasteiger partial charge in [-0.15, -0.1) is 0 Å². The summed E-state index contributed by atoms with van der Waals surface area (Å²) in [6.45, 7) is 4.44. The van der Waals surface area contributed by atoms with E-state index in [1.54, 1.807) is 7.11 Å². The minimum atomic E-state index is -0.183. The van der Waals surface area contributed by atoms with Gasteiger partial charge in [-0.2, -0.15) is 0 Å². The average Bonchev–Trinajstić information content (AvgIpc) is 3.20. The maximum absolute atomic E-state index is 12.7. The summed E-state index contributed by atoms with van der Waals surface area (Å²) in [6.07, 6.45) is 11.4. The van der Waals surface area contributed by atoms with Crippen LogP contribution >= 0.6 is 0 Å². The molecule has 0 saturated heterocycles. The molecular weight excluding hydrogens is 260 g/mol. The molecule has 3 fully saturated rings. The van der Waals surface area contributed by atoms with Crippen LogP contribution in [0.25, 0.3) is 0 Å². The second kappa shape index (κ2) is 5.93. The monoisotopic (exact) mass is 292 g/mol. The Kier molecular flexibility index (Phi) is 4.34. The highest BCUT2D eigenvalue weighted by molar-refractivity contribution is 5.77. The molecule has 0 aliphatic heterocycles. The molecule has 0 N–H and O–H groups in total. The molecule has 3 saturated carbocycles. The van der Waals surface area contributed by atoms with Gasteiger partial charge in [0, 0.05) is 0 Å². The SMILES string of the molecule is CCCCC(CC)(C(=O)OC)C1CC2CC1C1CCCC21. The summed E-state index contributed by atoms with van der Waals surface area (Å²) < 4.78 is 5.30. The van der Waals surface area contributed by atoms with Crippen molar-refractivity contribution in [3.05, 3.63) is 0 Å². The Bertz CT molecular complexity index is 391. The van der Waals surface area contributed by atoms with Crippen LogP contribution in [-0.4, -0.2) is 13.1 Å². The lowest BCUT2D eigenvalue weighted by atomic mass is 9.60. The quantitative estimate of drug-likeness (QED) is 0.656. The van der Waals surface area contributed by atoms with Crippen molar-refractivity contribution in [1.29, 1.82) is 0 Å². The van der Waals surface area contributed by atoms with Crippen LogP contribution < -0.4 is 0 Å². The van der Waals surface area contributed by atoms with Gasteiger partial charge >= 0.3 is 5.97 Å². The molecule has 0 aromatic carbocycles. The molecule has 6 atom stereocenters. The minimum absolute atomic E-state index is 0.0885. The standard InChI is InChI=1S/C19H32O2/c1-4-6-10-19(5-2,18(20)21-3)17-12-13-11-16(17)15-9-7-8-14(13)15/h13-17H,4-12H2,1-3H3. The molecule has 3 aliphatic carbocycles. The van der Waals surface area contributed by atoms with Crippen LogP contribution in [0.5, 0.6) is 0 Å². The maximum Gasteiger partial charge on any atom is 0.312 e. The van der Waals surface area contributed by atoms with Crippen molar-refractivity contribution in [2.75, 3.05) is 7.11 Å². The minimum Gasteiger partial charge on any atom is -0.469 e. The molecule has 0 heterocycles.